The van der Waals surface area contributed by atoms with Gasteiger partial charge in [-0.15, -0.1) is 0 Å². The summed E-state index contributed by atoms with van der Waals surface area (Å²) < 4.78 is 10.2. The maximum absolute atomic E-state index is 11.5. The Morgan fingerprint density at radius 1 is 0.933 bits per heavy atom. The van der Waals surface area contributed by atoms with Crippen molar-refractivity contribution >= 4 is 17.9 Å². The number of carbonyl (C=O) groups is 3. The number of aromatic carboxylic acids is 1. The zero-order chi connectivity index (χ0) is 22.4. The molecule has 0 amide bonds. The molecule has 3 N–H and O–H groups in total. The normalized spacial score (nSPS) is 11.1. The summed E-state index contributed by atoms with van der Waals surface area (Å²) in [6.07, 6.45) is 0.702. The van der Waals surface area contributed by atoms with Crippen molar-refractivity contribution in [2.24, 2.45) is 5.92 Å². The average Bonchev–Trinajstić information content (AvgIpc) is 2.76. The number of esters is 2. The SMILES string of the molecule is CC(C)[C@H]([NH3+])C(=O)OCCCC(=O)OCc1ccccc1.O=C([O-])c1ccccc1. The Kier molecular flexibility index (Phi) is 11.5. The molecule has 162 valence electrons. The Labute approximate surface area is 176 Å². The summed E-state index contributed by atoms with van der Waals surface area (Å²) in [5, 5.41) is 10.1. The summed E-state index contributed by atoms with van der Waals surface area (Å²) in [5.74, 6) is -1.59. The number of benzene rings is 2. The highest BCUT2D eigenvalue weighted by Gasteiger charge is 2.22. The molecule has 0 bridgehead atoms. The Hall–Kier alpha value is -3.19. The largest absolute Gasteiger partial charge is 0.545 e. The Morgan fingerprint density at radius 2 is 1.50 bits per heavy atom. The minimum Gasteiger partial charge on any atom is -0.545 e. The van der Waals surface area contributed by atoms with Crippen molar-refractivity contribution < 1.29 is 34.7 Å². The first-order valence-electron chi connectivity index (χ1n) is 9.77. The minimum absolute atomic E-state index is 0.147. The van der Waals surface area contributed by atoms with Gasteiger partial charge in [-0.05, 0) is 17.5 Å². The van der Waals surface area contributed by atoms with Crippen LogP contribution in [0.3, 0.4) is 0 Å². The van der Waals surface area contributed by atoms with E-state index in [0.717, 1.165) is 5.56 Å². The maximum Gasteiger partial charge on any atom is 0.365 e. The number of carboxylic acids is 1. The van der Waals surface area contributed by atoms with Crippen molar-refractivity contribution in [2.75, 3.05) is 6.61 Å². The molecular formula is C23H29NO6. The highest BCUT2D eigenvalue weighted by molar-refractivity contribution is 5.85. The molecule has 0 aliphatic carbocycles. The number of carboxylic acid groups (broad SMARTS) is 1. The van der Waals surface area contributed by atoms with Gasteiger partial charge in [0, 0.05) is 12.3 Å². The molecule has 0 unspecified atom stereocenters. The number of quaternary nitrogens is 1. The zero-order valence-corrected chi connectivity index (χ0v) is 17.4. The number of ether oxygens (including phenoxy) is 2. The topological polar surface area (TPSA) is 120 Å². The smallest absolute Gasteiger partial charge is 0.365 e. The second-order valence-electron chi connectivity index (χ2n) is 6.92. The van der Waals surface area contributed by atoms with E-state index >= 15 is 0 Å². The highest BCUT2D eigenvalue weighted by atomic mass is 16.5. The van der Waals surface area contributed by atoms with E-state index in [2.05, 4.69) is 5.73 Å². The van der Waals surface area contributed by atoms with Crippen LogP contribution in [-0.2, 0) is 25.7 Å². The monoisotopic (exact) mass is 415 g/mol. The van der Waals surface area contributed by atoms with E-state index in [1.54, 1.807) is 18.2 Å². The third kappa shape index (κ3) is 10.4. The predicted molar refractivity (Wildman–Crippen MR) is 109 cm³/mol. The second-order valence-corrected chi connectivity index (χ2v) is 6.92. The van der Waals surface area contributed by atoms with E-state index in [4.69, 9.17) is 9.47 Å². The van der Waals surface area contributed by atoms with Gasteiger partial charge in [-0.2, -0.15) is 0 Å². The molecule has 0 fully saturated rings. The molecule has 0 aliphatic rings. The molecule has 0 saturated carbocycles. The predicted octanol–water partition coefficient (Wildman–Crippen LogP) is 1.37. The van der Waals surface area contributed by atoms with Crippen molar-refractivity contribution in [3.05, 3.63) is 71.8 Å². The van der Waals surface area contributed by atoms with Crippen LogP contribution < -0.4 is 10.8 Å². The van der Waals surface area contributed by atoms with Crippen LogP contribution in [0.4, 0.5) is 0 Å². The van der Waals surface area contributed by atoms with Gasteiger partial charge in [0.2, 0.25) is 0 Å². The highest BCUT2D eigenvalue weighted by Crippen LogP contribution is 2.04. The van der Waals surface area contributed by atoms with Gasteiger partial charge < -0.3 is 25.1 Å². The molecular weight excluding hydrogens is 386 g/mol. The van der Waals surface area contributed by atoms with Crippen LogP contribution in [0.5, 0.6) is 0 Å². The van der Waals surface area contributed by atoms with E-state index in [9.17, 15) is 19.5 Å². The van der Waals surface area contributed by atoms with Crippen molar-refractivity contribution in [3.8, 4) is 0 Å². The number of carbonyl (C=O) groups excluding carboxylic acids is 3. The lowest BCUT2D eigenvalue weighted by Gasteiger charge is -2.11. The third-order valence-electron chi connectivity index (χ3n) is 4.13. The van der Waals surface area contributed by atoms with E-state index in [-0.39, 0.29) is 49.1 Å². The number of rotatable bonds is 9. The second kappa shape index (κ2) is 13.9. The number of hydrogen-bond acceptors (Lipinski definition) is 6. The van der Waals surface area contributed by atoms with Crippen molar-refractivity contribution in [1.29, 1.82) is 0 Å². The molecule has 7 nitrogen and oxygen atoms in total. The first-order valence-corrected chi connectivity index (χ1v) is 9.77. The molecule has 0 aliphatic heterocycles. The molecule has 2 rings (SSSR count). The van der Waals surface area contributed by atoms with Gasteiger partial charge in [0.1, 0.15) is 6.61 Å². The summed E-state index contributed by atoms with van der Waals surface area (Å²) >= 11 is 0. The summed E-state index contributed by atoms with van der Waals surface area (Å²) in [5.41, 5.74) is 4.92. The number of hydrogen-bond donors (Lipinski definition) is 1. The minimum atomic E-state index is -1.13. The molecule has 2 aromatic rings. The average molecular weight is 415 g/mol. The summed E-state index contributed by atoms with van der Waals surface area (Å²) in [6, 6.07) is 17.2. The van der Waals surface area contributed by atoms with Gasteiger partial charge in [-0.1, -0.05) is 74.5 Å². The molecule has 0 saturated heterocycles. The van der Waals surface area contributed by atoms with E-state index in [0.29, 0.717) is 6.42 Å². The fraction of sp³-hybridized carbons (Fsp3) is 0.348. The van der Waals surface area contributed by atoms with Crippen molar-refractivity contribution in [1.82, 2.24) is 0 Å². The van der Waals surface area contributed by atoms with Gasteiger partial charge in [0.05, 0.1) is 12.6 Å². The summed E-state index contributed by atoms with van der Waals surface area (Å²) in [4.78, 5) is 33.2. The first-order chi connectivity index (χ1) is 14.3. The molecule has 0 spiro atoms. The van der Waals surface area contributed by atoms with Crippen LogP contribution in [0.2, 0.25) is 0 Å². The van der Waals surface area contributed by atoms with Crippen LogP contribution in [0, 0.1) is 5.92 Å². The fourth-order valence-electron chi connectivity index (χ4n) is 2.15. The maximum atomic E-state index is 11.5. The van der Waals surface area contributed by atoms with Crippen LogP contribution in [0.15, 0.2) is 60.7 Å². The fourth-order valence-corrected chi connectivity index (χ4v) is 2.15. The quantitative estimate of drug-likeness (QED) is 0.488. The molecule has 1 atom stereocenters. The standard InChI is InChI=1S/C16H23NO4.C7H6O2/c1-12(2)15(17)16(19)20-10-6-9-14(18)21-11-13-7-4-3-5-8-13;8-7(9)6-4-2-1-3-5-6/h3-5,7-8,12,15H,6,9-11,17H2,1-2H3;1-5H,(H,8,9)/t15-;/m0./s1. The lowest BCUT2D eigenvalue weighted by atomic mass is 10.1. The molecule has 0 aromatic heterocycles. The van der Waals surface area contributed by atoms with Crippen LogP contribution in [-0.4, -0.2) is 30.6 Å². The first kappa shape index (κ1) is 24.8. The molecule has 0 heterocycles. The summed E-state index contributed by atoms with van der Waals surface area (Å²) in [6.45, 7) is 4.32. The summed E-state index contributed by atoms with van der Waals surface area (Å²) in [7, 11) is 0. The Bertz CT molecular complexity index is 777. The van der Waals surface area contributed by atoms with Gasteiger partial charge in [0.15, 0.2) is 6.04 Å². The molecule has 7 heteroatoms. The van der Waals surface area contributed by atoms with Crippen LogP contribution in [0.1, 0.15) is 42.6 Å². The van der Waals surface area contributed by atoms with E-state index < -0.39 is 5.97 Å². The Morgan fingerprint density at radius 3 is 2.00 bits per heavy atom. The molecule has 30 heavy (non-hydrogen) atoms. The van der Waals surface area contributed by atoms with Gasteiger partial charge >= 0.3 is 11.9 Å². The third-order valence-corrected chi connectivity index (χ3v) is 4.13. The van der Waals surface area contributed by atoms with Crippen LogP contribution >= 0.6 is 0 Å². The van der Waals surface area contributed by atoms with Crippen molar-refractivity contribution in [3.63, 3.8) is 0 Å². The van der Waals surface area contributed by atoms with Crippen molar-refractivity contribution in [2.45, 2.75) is 39.3 Å². The lowest BCUT2D eigenvalue weighted by Crippen LogP contribution is -2.67. The van der Waals surface area contributed by atoms with E-state index in [1.165, 1.54) is 12.1 Å². The van der Waals surface area contributed by atoms with Gasteiger partial charge in [0.25, 0.3) is 0 Å². The molecule has 0 radical (unpaired) electrons. The molecule has 2 aromatic carbocycles. The van der Waals surface area contributed by atoms with Gasteiger partial charge in [-0.3, -0.25) is 4.79 Å². The van der Waals surface area contributed by atoms with E-state index in [1.807, 2.05) is 44.2 Å². The zero-order valence-electron chi connectivity index (χ0n) is 17.4. The van der Waals surface area contributed by atoms with Gasteiger partial charge in [-0.25, -0.2) is 4.79 Å². The Balaban J connectivity index is 0.000000414. The van der Waals surface area contributed by atoms with Crippen LogP contribution in [0.25, 0.3) is 0 Å². The lowest BCUT2D eigenvalue weighted by molar-refractivity contribution is -0.418.